The van der Waals surface area contributed by atoms with Gasteiger partial charge in [0.1, 0.15) is 6.54 Å². The van der Waals surface area contributed by atoms with Gasteiger partial charge < -0.3 is 30.3 Å². The van der Waals surface area contributed by atoms with Crippen molar-refractivity contribution in [1.29, 1.82) is 5.26 Å². The number of aromatic nitrogens is 4. The Morgan fingerprint density at radius 1 is 1.07 bits per heavy atom. The zero-order valence-corrected chi connectivity index (χ0v) is 25.5. The van der Waals surface area contributed by atoms with Crippen LogP contribution in [0.5, 0.6) is 0 Å². The summed E-state index contributed by atoms with van der Waals surface area (Å²) in [6, 6.07) is 6.76. The lowest BCUT2D eigenvalue weighted by Crippen LogP contribution is -2.55. The minimum Gasteiger partial charge on any atom is -0.335 e. The smallest absolute Gasteiger partial charge is 0.335 e. The SMILES string of the molecule is CCc1cc(NC(=O)c2ncc(-c3cn(CC#N)nc3C(F)(F)F)n2C)ccc1C(=O)N1CCN(C(=O)N2CCC(N)CC2)CC1. The minimum absolute atomic E-state index is 0.00113. The molecular weight excluding hydrogens is 605 g/mol. The minimum atomic E-state index is -4.79. The van der Waals surface area contributed by atoms with Gasteiger partial charge in [-0.15, -0.1) is 0 Å². The number of urea groups is 1. The summed E-state index contributed by atoms with van der Waals surface area (Å²) in [4.78, 5) is 48.9. The number of nitriles is 1. The van der Waals surface area contributed by atoms with Gasteiger partial charge >= 0.3 is 12.2 Å². The highest BCUT2D eigenvalue weighted by Gasteiger charge is 2.38. The van der Waals surface area contributed by atoms with Gasteiger partial charge in [-0.3, -0.25) is 14.3 Å². The molecule has 0 bridgehead atoms. The fraction of sp³-hybridized carbons (Fsp3) is 0.467. The zero-order chi connectivity index (χ0) is 33.2. The van der Waals surface area contributed by atoms with Crippen molar-refractivity contribution < 1.29 is 27.6 Å². The molecule has 13 nitrogen and oxygen atoms in total. The molecule has 0 radical (unpaired) electrons. The first-order valence-electron chi connectivity index (χ1n) is 15.0. The number of nitrogens with zero attached hydrogens (tertiary/aromatic N) is 8. The summed E-state index contributed by atoms with van der Waals surface area (Å²) in [5.41, 5.74) is 6.03. The largest absolute Gasteiger partial charge is 0.435 e. The van der Waals surface area contributed by atoms with Gasteiger partial charge in [-0.1, -0.05) is 6.92 Å². The van der Waals surface area contributed by atoms with Crippen LogP contribution in [0.15, 0.2) is 30.6 Å². The molecule has 2 fully saturated rings. The maximum Gasteiger partial charge on any atom is 0.435 e. The summed E-state index contributed by atoms with van der Waals surface area (Å²) in [5.74, 6) is -0.976. The second-order valence-corrected chi connectivity index (χ2v) is 11.3. The Kier molecular flexibility index (Phi) is 9.33. The number of nitrogens with one attached hydrogen (secondary N) is 1. The van der Waals surface area contributed by atoms with Gasteiger partial charge in [0.2, 0.25) is 0 Å². The molecule has 4 amide bonds. The van der Waals surface area contributed by atoms with E-state index in [0.717, 1.165) is 29.9 Å². The van der Waals surface area contributed by atoms with Crippen LogP contribution in [0.4, 0.5) is 23.7 Å². The average molecular weight is 641 g/mol. The standard InChI is InChI=1S/C30H35F3N10O3/c1-3-19-16-21(4-5-22(19)28(45)40-12-14-42(15-13-40)29(46)41-9-6-20(35)7-10-41)37-27(44)26-36-17-24(39(26)2)23-18-43(11-8-34)38-25(23)30(31,32)33/h4-5,16-18,20H,3,6-7,9-15,35H2,1-2H3,(H,37,44). The Balaban J connectivity index is 1.25. The molecule has 0 atom stereocenters. The zero-order valence-electron chi connectivity index (χ0n) is 25.5. The van der Waals surface area contributed by atoms with Gasteiger partial charge in [-0.05, 0) is 43.0 Å². The van der Waals surface area contributed by atoms with Crippen molar-refractivity contribution in [3.05, 3.63) is 53.2 Å². The van der Waals surface area contributed by atoms with Gasteiger partial charge in [0.05, 0.1) is 23.5 Å². The molecule has 0 saturated carbocycles. The van der Waals surface area contributed by atoms with Crippen molar-refractivity contribution in [2.24, 2.45) is 12.8 Å². The molecule has 3 N–H and O–H groups in total. The van der Waals surface area contributed by atoms with Crippen molar-refractivity contribution in [1.82, 2.24) is 34.0 Å². The highest BCUT2D eigenvalue weighted by molar-refractivity contribution is 6.03. The van der Waals surface area contributed by atoms with E-state index >= 15 is 0 Å². The van der Waals surface area contributed by atoms with E-state index < -0.39 is 17.8 Å². The lowest BCUT2D eigenvalue weighted by atomic mass is 10.0. The first-order chi connectivity index (χ1) is 21.9. The number of amides is 4. The van der Waals surface area contributed by atoms with Crippen LogP contribution in [-0.2, 0) is 26.2 Å². The van der Waals surface area contributed by atoms with E-state index in [2.05, 4.69) is 15.4 Å². The van der Waals surface area contributed by atoms with Crippen LogP contribution in [0.1, 0.15) is 52.0 Å². The molecule has 0 spiro atoms. The van der Waals surface area contributed by atoms with E-state index in [1.807, 2.05) is 11.8 Å². The molecule has 0 aliphatic carbocycles. The number of likely N-dealkylation sites (tertiary alicyclic amines) is 1. The van der Waals surface area contributed by atoms with Gasteiger partial charge in [-0.2, -0.15) is 23.5 Å². The summed E-state index contributed by atoms with van der Waals surface area (Å²) < 4.78 is 43.1. The number of benzene rings is 1. The molecule has 2 aliphatic heterocycles. The van der Waals surface area contributed by atoms with E-state index in [1.54, 1.807) is 34.1 Å². The normalized spacial score (nSPS) is 16.0. The number of piperazine rings is 1. The number of hydrogen-bond donors (Lipinski definition) is 2. The average Bonchev–Trinajstić information content (AvgIpc) is 3.64. The third kappa shape index (κ3) is 6.69. The highest BCUT2D eigenvalue weighted by atomic mass is 19.4. The third-order valence-corrected chi connectivity index (χ3v) is 8.35. The number of hydrogen-bond acceptors (Lipinski definition) is 7. The quantitative estimate of drug-likeness (QED) is 0.419. The predicted molar refractivity (Wildman–Crippen MR) is 160 cm³/mol. The van der Waals surface area contributed by atoms with Crippen LogP contribution >= 0.6 is 0 Å². The first kappa shape index (κ1) is 32.5. The number of anilines is 1. The molecule has 2 saturated heterocycles. The van der Waals surface area contributed by atoms with Gasteiger partial charge in [0.15, 0.2) is 11.5 Å². The lowest BCUT2D eigenvalue weighted by molar-refractivity contribution is -0.141. The van der Waals surface area contributed by atoms with E-state index in [4.69, 9.17) is 11.0 Å². The van der Waals surface area contributed by atoms with Crippen molar-refractivity contribution >= 4 is 23.5 Å². The van der Waals surface area contributed by atoms with Crippen LogP contribution < -0.4 is 11.1 Å². The Morgan fingerprint density at radius 2 is 1.72 bits per heavy atom. The first-order valence-corrected chi connectivity index (χ1v) is 15.0. The van der Waals surface area contributed by atoms with Gasteiger partial charge in [-0.25, -0.2) is 9.78 Å². The van der Waals surface area contributed by atoms with Crippen molar-refractivity contribution in [2.45, 2.75) is 44.9 Å². The Morgan fingerprint density at radius 3 is 2.35 bits per heavy atom. The van der Waals surface area contributed by atoms with E-state index in [0.29, 0.717) is 62.5 Å². The van der Waals surface area contributed by atoms with Crippen molar-refractivity contribution in [3.63, 3.8) is 0 Å². The van der Waals surface area contributed by atoms with Crippen LogP contribution in [0.3, 0.4) is 0 Å². The fourth-order valence-electron chi connectivity index (χ4n) is 5.76. The number of rotatable bonds is 6. The van der Waals surface area contributed by atoms with Crippen molar-refractivity contribution in [2.75, 3.05) is 44.6 Å². The Bertz CT molecular complexity index is 1660. The highest BCUT2D eigenvalue weighted by Crippen LogP contribution is 2.36. The monoisotopic (exact) mass is 640 g/mol. The van der Waals surface area contributed by atoms with Crippen LogP contribution in [-0.4, -0.2) is 97.2 Å². The second kappa shape index (κ2) is 13.2. The lowest BCUT2D eigenvalue weighted by Gasteiger charge is -2.39. The van der Waals surface area contributed by atoms with Gasteiger partial charge in [0, 0.05) is 69.8 Å². The van der Waals surface area contributed by atoms with E-state index in [-0.39, 0.29) is 41.6 Å². The molecule has 5 rings (SSSR count). The number of piperidine rings is 1. The summed E-state index contributed by atoms with van der Waals surface area (Å²) in [6.07, 6.45) is -0.486. The van der Waals surface area contributed by atoms with Crippen LogP contribution in [0, 0.1) is 11.3 Å². The topological polar surface area (TPSA) is 158 Å². The number of imidazole rings is 1. The molecule has 1 aromatic carbocycles. The molecule has 3 aromatic rings. The predicted octanol–water partition coefficient (Wildman–Crippen LogP) is 2.94. The van der Waals surface area contributed by atoms with Crippen molar-refractivity contribution in [3.8, 4) is 17.3 Å². The number of halogens is 3. The number of aryl methyl sites for hydroxylation is 1. The number of carbonyl (C=O) groups is 3. The van der Waals surface area contributed by atoms with Crippen LogP contribution in [0.25, 0.3) is 11.3 Å². The fourth-order valence-corrected chi connectivity index (χ4v) is 5.76. The molecular formula is C30H35F3N10O3. The van der Waals surface area contributed by atoms with Crippen LogP contribution in [0.2, 0.25) is 0 Å². The molecule has 16 heteroatoms. The molecule has 2 aliphatic rings. The van der Waals surface area contributed by atoms with E-state index in [1.165, 1.54) is 11.6 Å². The molecule has 46 heavy (non-hydrogen) atoms. The number of carbonyl (C=O) groups excluding carboxylic acids is 3. The summed E-state index contributed by atoms with van der Waals surface area (Å²) in [6.45, 7) is 4.43. The molecule has 0 unspecified atom stereocenters. The van der Waals surface area contributed by atoms with E-state index in [9.17, 15) is 27.6 Å². The number of alkyl halides is 3. The summed E-state index contributed by atoms with van der Waals surface area (Å²) in [5, 5.41) is 15.1. The molecule has 2 aromatic heterocycles. The maximum absolute atomic E-state index is 13.7. The Hall–Kier alpha value is -4.91. The molecule has 244 valence electrons. The number of nitrogens with two attached hydrogens (primary N) is 1. The Labute approximate surface area is 263 Å². The second-order valence-electron chi connectivity index (χ2n) is 11.3. The summed E-state index contributed by atoms with van der Waals surface area (Å²) in [7, 11) is 1.41. The molecule has 4 heterocycles. The maximum atomic E-state index is 13.7. The third-order valence-electron chi connectivity index (χ3n) is 8.35. The van der Waals surface area contributed by atoms with Gasteiger partial charge in [0.25, 0.3) is 11.8 Å². The summed E-state index contributed by atoms with van der Waals surface area (Å²) >= 11 is 0.